The number of anilines is 4. The zero-order valence-corrected chi connectivity index (χ0v) is 68.9. The van der Waals surface area contributed by atoms with Crippen molar-refractivity contribution < 1.29 is 67.8 Å². The minimum atomic E-state index is -4.42. The molecule has 0 radical (unpaired) electrons. The predicted octanol–water partition coefficient (Wildman–Crippen LogP) is 12.3. The number of aryl methyl sites for hydroxylation is 1. The first-order valence-corrected chi connectivity index (χ1v) is 41.9. The number of methoxy groups -OCH3 is 1. The maximum Gasteiger partial charge on any atom is 0.281 e. The molecule has 7 aromatic heterocycles. The van der Waals surface area contributed by atoms with Crippen LogP contribution < -0.4 is 59.1 Å². The fraction of sp³-hybridized carbons (Fsp3) is 0.378. The molecule has 608 valence electrons. The summed E-state index contributed by atoms with van der Waals surface area (Å²) in [5.41, 5.74) is 7.81. The highest BCUT2D eigenvalue weighted by Gasteiger charge is 2.56. The number of pyridine rings is 7. The number of aromatic nitrogens is 7. The molecule has 2 atom stereocenters. The summed E-state index contributed by atoms with van der Waals surface area (Å²) >= 11 is 0. The summed E-state index contributed by atoms with van der Waals surface area (Å²) in [4.78, 5) is 98.2. The summed E-state index contributed by atoms with van der Waals surface area (Å²) in [5.74, 6) is 0.338. The molecule has 3 saturated heterocycles. The first-order valence-electron chi connectivity index (χ1n) is 37.4. The third-order valence-corrected chi connectivity index (χ3v) is 23.8. The van der Waals surface area contributed by atoms with Gasteiger partial charge in [-0.15, -0.1) is 0 Å². The molecule has 1 unspecified atom stereocenters. The highest BCUT2D eigenvalue weighted by molar-refractivity contribution is 7.90. The van der Waals surface area contributed by atoms with Gasteiger partial charge < -0.3 is 44.4 Å². The monoisotopic (exact) mass is 1630 g/mol. The van der Waals surface area contributed by atoms with Crippen LogP contribution in [0.5, 0.6) is 29.0 Å². The number of hydrogen-bond acceptors (Lipinski definition) is 25. The largest absolute Gasteiger partial charge is 0.493 e. The van der Waals surface area contributed by atoms with Gasteiger partial charge in [0.05, 0.1) is 54.1 Å². The summed E-state index contributed by atoms with van der Waals surface area (Å²) in [6.07, 6.45) is 7.78. The first-order chi connectivity index (χ1) is 54.1. The van der Waals surface area contributed by atoms with E-state index in [0.29, 0.717) is 102 Å². The SMILES string of the molecule is CC(C)COc1cc(F)cc(-c2ccc(C(=O)NS(=O)(=O)c3cccc(N)n3)c(N3CC4(CC4)CC3(C)C)n2)c1.CCOc1cc(C)cc(-c2ccc(C(=O)NS(=O)(=O)c3ccc[nH]c3=O)c(N3C[C@@H](C)CC3(C)C)n2)n1.COc1cc(C(C)=O)ccc1Oc1cccc(S(=O)(=O)NC(=O)c2cccnc2N2CC(C)CC2(C)C)n1. The Hall–Kier alpha value is -11.5. The molecule has 4 fully saturated rings. The number of nitrogen functional groups attached to an aromatic ring is 1. The van der Waals surface area contributed by atoms with Crippen LogP contribution in [0.4, 0.5) is 27.7 Å². The van der Waals surface area contributed by atoms with E-state index in [1.165, 1.54) is 93.0 Å². The van der Waals surface area contributed by atoms with E-state index in [1.807, 2.05) is 54.3 Å². The van der Waals surface area contributed by atoms with E-state index in [2.05, 4.69) is 94.7 Å². The molecule has 1 saturated carbocycles. The van der Waals surface area contributed by atoms with Gasteiger partial charge in [0.15, 0.2) is 32.2 Å². The smallest absolute Gasteiger partial charge is 0.281 e. The van der Waals surface area contributed by atoms with Gasteiger partial charge in [-0.2, -0.15) is 21.8 Å². The molecule has 9 aromatic rings. The maximum atomic E-state index is 14.6. The van der Waals surface area contributed by atoms with E-state index in [-0.39, 0.29) is 78.6 Å². The fourth-order valence-electron chi connectivity index (χ4n) is 14.8. The minimum Gasteiger partial charge on any atom is -0.493 e. The molecule has 2 aromatic carbocycles. The van der Waals surface area contributed by atoms with E-state index >= 15 is 0 Å². The van der Waals surface area contributed by atoms with Gasteiger partial charge in [0.2, 0.25) is 11.8 Å². The number of nitrogens with zero attached hydrogens (tertiary/aromatic N) is 9. The molecule has 1 spiro atoms. The molecule has 115 heavy (non-hydrogen) atoms. The van der Waals surface area contributed by atoms with Gasteiger partial charge in [0, 0.05) is 78.0 Å². The number of H-pyrrole nitrogens is 1. The van der Waals surface area contributed by atoms with Gasteiger partial charge in [0.1, 0.15) is 34.8 Å². The Bertz CT molecular complexity index is 5650. The maximum absolute atomic E-state index is 14.6. The van der Waals surface area contributed by atoms with Crippen LogP contribution in [0, 0.1) is 35.9 Å². The number of Topliss-reactive ketones (excluding diaryl/α,β-unsaturated/α-hetero) is 1. The van der Waals surface area contributed by atoms with E-state index in [4.69, 9.17) is 34.6 Å². The third-order valence-electron chi connectivity index (χ3n) is 20.0. The van der Waals surface area contributed by atoms with Crippen molar-refractivity contribution in [2.24, 2.45) is 23.2 Å². The van der Waals surface area contributed by atoms with Crippen LogP contribution in [-0.2, 0) is 30.1 Å². The fourth-order valence-corrected chi connectivity index (χ4v) is 17.7. The van der Waals surface area contributed by atoms with Crippen LogP contribution in [0.3, 0.4) is 0 Å². The van der Waals surface area contributed by atoms with E-state index < -0.39 is 69.1 Å². The number of ether oxygens (including phenoxy) is 4. The van der Waals surface area contributed by atoms with Crippen LogP contribution in [0.15, 0.2) is 166 Å². The normalized spacial score (nSPS) is 17.0. The standard InChI is InChI=1S/C29H34FN5O4S.C27H30N4O6S.C26H31N5O5S/c1-18(2)15-39-21-13-19(12-20(30)14-21)23-9-8-22(26(32-23)35-17-29(10-11-29)16-28(35,3)4)27(36)34-40(37,38)25-7-5-6-24(31)33-25;1-17-15-27(3,4)31(16-17)25-20(8-7-13-28-25)26(33)30-38(34,35)24-10-6-9-23(29-24)37-21-12-11-19(18(2)32)14-22(21)36-5;1-6-36-22-13-16(2)12-20(28-22)19-10-9-18(23(29-19)31-15-17(3)14-26(31,4)5)24(32)30-37(34,35)21-8-7-11-27-25(21)33/h5-9,12-14,18H,10-11,15-17H2,1-4H3,(H2,31,33)(H,34,36);6-14,17H,15-16H2,1-5H3,(H,30,33);7-13,17H,6,14-15H2,1-5H3,(H,27,33)(H,30,32)/t;;17-/m..0/s1. The van der Waals surface area contributed by atoms with Crippen LogP contribution in [0.25, 0.3) is 22.6 Å². The Morgan fingerprint density at radius 2 is 1.21 bits per heavy atom. The number of sulfonamides is 3. The predicted molar refractivity (Wildman–Crippen MR) is 433 cm³/mol. The summed E-state index contributed by atoms with van der Waals surface area (Å²) in [6.45, 7) is 28.9. The number of hydrogen-bond donors (Lipinski definition) is 5. The number of aromatic amines is 1. The number of halogens is 1. The molecule has 33 heteroatoms. The Morgan fingerprint density at radius 1 is 0.617 bits per heavy atom. The van der Waals surface area contributed by atoms with Crippen LogP contribution in [0.1, 0.15) is 162 Å². The third kappa shape index (κ3) is 19.8. The van der Waals surface area contributed by atoms with Gasteiger partial charge in [-0.05, 0) is 226 Å². The highest BCUT2D eigenvalue weighted by atomic mass is 32.2. The second-order valence-electron chi connectivity index (χ2n) is 31.6. The van der Waals surface area contributed by atoms with Gasteiger partial charge >= 0.3 is 0 Å². The Kier molecular flexibility index (Phi) is 24.6. The van der Waals surface area contributed by atoms with E-state index in [0.717, 1.165) is 43.7 Å². The zero-order chi connectivity index (χ0) is 83.5. The Balaban J connectivity index is 0.000000170. The quantitative estimate of drug-likeness (QED) is 0.0371. The summed E-state index contributed by atoms with van der Waals surface area (Å²) in [6, 6.07) is 33.0. The van der Waals surface area contributed by atoms with E-state index in [1.54, 1.807) is 48.7 Å². The molecular formula is C82H95FN14O15S3. The van der Waals surface area contributed by atoms with Crippen LogP contribution >= 0.6 is 0 Å². The molecule has 0 bridgehead atoms. The lowest BCUT2D eigenvalue weighted by atomic mass is 9.94. The molecule has 10 heterocycles. The Morgan fingerprint density at radius 3 is 1.78 bits per heavy atom. The lowest BCUT2D eigenvalue weighted by molar-refractivity contribution is 0.0972. The summed E-state index contributed by atoms with van der Waals surface area (Å²) in [5, 5.41) is -0.762. The number of rotatable bonds is 23. The molecule has 1 aliphatic carbocycles. The second kappa shape index (κ2) is 33.5. The molecule has 3 amide bonds. The van der Waals surface area contributed by atoms with Crippen molar-refractivity contribution in [2.75, 3.05) is 60.4 Å². The topological polar surface area (TPSA) is 390 Å². The summed E-state index contributed by atoms with van der Waals surface area (Å²) in [7, 11) is -11.6. The number of carbonyl (C=O) groups excluding carboxylic acids is 4. The van der Waals surface area contributed by atoms with Crippen molar-refractivity contribution in [2.45, 2.75) is 154 Å². The molecule has 4 aliphatic rings. The number of amides is 3. The molecule has 29 nitrogen and oxygen atoms in total. The lowest BCUT2D eigenvalue weighted by Gasteiger charge is -2.34. The van der Waals surface area contributed by atoms with Crippen molar-refractivity contribution in [3.05, 3.63) is 190 Å². The average molecular weight is 1630 g/mol. The molecular weight excluding hydrogens is 1540 g/mol. The Labute approximate surface area is 668 Å². The van der Waals surface area contributed by atoms with Gasteiger partial charge in [-0.1, -0.05) is 39.8 Å². The van der Waals surface area contributed by atoms with Crippen LogP contribution in [0.2, 0.25) is 0 Å². The van der Waals surface area contributed by atoms with Gasteiger partial charge in [0.25, 0.3) is 53.4 Å². The first kappa shape index (κ1) is 84.5. The van der Waals surface area contributed by atoms with Gasteiger partial charge in [-0.3, -0.25) is 24.0 Å². The van der Waals surface area contributed by atoms with Crippen molar-refractivity contribution >= 4 is 76.8 Å². The number of carbonyl (C=O) groups is 4. The molecule has 3 aliphatic heterocycles. The minimum absolute atomic E-state index is 0.0161. The van der Waals surface area contributed by atoms with E-state index in [9.17, 15) is 53.6 Å². The zero-order valence-electron chi connectivity index (χ0n) is 66.5. The second-order valence-corrected chi connectivity index (χ2v) is 36.5. The average Bonchev–Trinajstić information content (AvgIpc) is 1.57. The summed E-state index contributed by atoms with van der Waals surface area (Å²) < 4.78 is 121. The highest BCUT2D eigenvalue weighted by Crippen LogP contribution is 2.59. The van der Waals surface area contributed by atoms with Crippen molar-refractivity contribution in [1.29, 1.82) is 0 Å². The van der Waals surface area contributed by atoms with Crippen LogP contribution in [-0.4, -0.2) is 140 Å². The number of ketones is 1. The number of benzene rings is 2. The lowest BCUT2D eigenvalue weighted by Crippen LogP contribution is -2.41. The molecule has 6 N–H and O–H groups in total. The molecule has 13 rings (SSSR count). The van der Waals surface area contributed by atoms with Crippen molar-refractivity contribution in [3.8, 4) is 51.7 Å². The van der Waals surface area contributed by atoms with Crippen molar-refractivity contribution in [1.82, 2.24) is 49.1 Å². The van der Waals surface area contributed by atoms with Gasteiger partial charge in [-0.25, -0.2) is 51.9 Å². The van der Waals surface area contributed by atoms with Crippen molar-refractivity contribution in [3.63, 3.8) is 0 Å². The number of nitrogens with one attached hydrogen (secondary N) is 4. The number of nitrogens with two attached hydrogens (primary N) is 1.